The van der Waals surface area contributed by atoms with Crippen molar-refractivity contribution in [2.75, 3.05) is 13.1 Å². The monoisotopic (exact) mass is 474 g/mol. The molecule has 2 fully saturated rings. The van der Waals surface area contributed by atoms with Crippen molar-refractivity contribution in [1.82, 2.24) is 30.4 Å². The smallest absolute Gasteiger partial charge is 0.272 e. The number of hydrogen-bond acceptors (Lipinski definition) is 6. The third-order valence-electron chi connectivity index (χ3n) is 6.88. The van der Waals surface area contributed by atoms with Crippen LogP contribution in [-0.4, -0.2) is 56.1 Å². The average molecular weight is 475 g/mol. The van der Waals surface area contributed by atoms with Gasteiger partial charge < -0.3 is 14.6 Å². The van der Waals surface area contributed by atoms with Crippen LogP contribution in [0.15, 0.2) is 53.1 Å². The van der Waals surface area contributed by atoms with Crippen LogP contribution in [0.1, 0.15) is 50.7 Å². The number of nitrogens with one attached hydrogen (secondary N) is 1. The van der Waals surface area contributed by atoms with Crippen LogP contribution in [0.25, 0.3) is 23.2 Å². The lowest BCUT2D eigenvalue weighted by Crippen LogP contribution is -2.48. The zero-order valence-corrected chi connectivity index (χ0v) is 19.7. The molecule has 9 heteroatoms. The summed E-state index contributed by atoms with van der Waals surface area (Å²) < 4.78 is 6.96. The molecule has 0 unspecified atom stereocenters. The molecule has 0 spiro atoms. The summed E-state index contributed by atoms with van der Waals surface area (Å²) in [5.41, 5.74) is 1.12. The van der Waals surface area contributed by atoms with Gasteiger partial charge in [-0.15, -0.1) is 5.10 Å². The van der Waals surface area contributed by atoms with Crippen LogP contribution in [-0.2, 0) is 9.59 Å². The molecule has 1 N–H and O–H groups in total. The Morgan fingerprint density at radius 2 is 1.74 bits per heavy atom. The molecular formula is C26H30N6O3. The topological polar surface area (TPSA) is 106 Å². The first-order valence-electron chi connectivity index (χ1n) is 12.4. The lowest BCUT2D eigenvalue weighted by Gasteiger charge is -2.34. The van der Waals surface area contributed by atoms with E-state index in [4.69, 9.17) is 4.42 Å². The van der Waals surface area contributed by atoms with Gasteiger partial charge in [0.15, 0.2) is 5.82 Å². The highest BCUT2D eigenvalue weighted by molar-refractivity contribution is 6.18. The van der Waals surface area contributed by atoms with Gasteiger partial charge in [-0.25, -0.2) is 0 Å². The lowest BCUT2D eigenvalue weighted by atomic mass is 9.88. The Labute approximate surface area is 204 Å². The normalized spacial score (nSPS) is 17.9. The summed E-state index contributed by atoms with van der Waals surface area (Å²) >= 11 is 0. The molecule has 1 aromatic carbocycles. The molecule has 5 rings (SSSR count). The molecule has 2 aromatic heterocycles. The van der Waals surface area contributed by atoms with Crippen molar-refractivity contribution in [3.63, 3.8) is 0 Å². The van der Waals surface area contributed by atoms with E-state index in [0.29, 0.717) is 30.4 Å². The van der Waals surface area contributed by atoms with Gasteiger partial charge in [0.05, 0.1) is 6.26 Å². The zero-order valence-electron chi connectivity index (χ0n) is 19.7. The predicted octanol–water partition coefficient (Wildman–Crippen LogP) is 3.62. The third kappa shape index (κ3) is 5.34. The summed E-state index contributed by atoms with van der Waals surface area (Å²) in [6.45, 7) is 1.10. The van der Waals surface area contributed by atoms with Gasteiger partial charge in [0.25, 0.3) is 5.91 Å². The third-order valence-corrected chi connectivity index (χ3v) is 6.88. The standard InChI is InChI=1S/C26H30N6O3/c33-25(20-10-5-2-6-11-20)27-21-13-15-31(16-14-21)26(34)23(18-22-12-7-17-35-22)32-24(28-29-30-32)19-8-3-1-4-9-19/h1,3-4,7-9,12,17-18,20-21H,2,5-6,10-11,13-16H2,(H,27,33)/b23-18+. The number of tetrazole rings is 1. The molecule has 1 aliphatic heterocycles. The molecule has 2 aliphatic rings. The molecule has 0 bridgehead atoms. The molecule has 3 aromatic rings. The zero-order chi connectivity index (χ0) is 24.0. The highest BCUT2D eigenvalue weighted by Crippen LogP contribution is 2.26. The first-order chi connectivity index (χ1) is 17.2. The number of carbonyl (C=O) groups excluding carboxylic acids is 2. The van der Waals surface area contributed by atoms with Gasteiger partial charge in [-0.2, -0.15) is 4.68 Å². The number of furan rings is 1. The van der Waals surface area contributed by atoms with Crippen LogP contribution < -0.4 is 5.32 Å². The summed E-state index contributed by atoms with van der Waals surface area (Å²) in [5.74, 6) is 1.16. The molecule has 3 heterocycles. The summed E-state index contributed by atoms with van der Waals surface area (Å²) in [6, 6.07) is 13.2. The van der Waals surface area contributed by atoms with Crippen molar-refractivity contribution in [1.29, 1.82) is 0 Å². The fraction of sp³-hybridized carbons (Fsp3) is 0.423. The minimum atomic E-state index is -0.178. The molecule has 182 valence electrons. The number of piperidine rings is 1. The van der Waals surface area contributed by atoms with E-state index in [1.165, 1.54) is 11.1 Å². The minimum Gasteiger partial charge on any atom is -0.465 e. The van der Waals surface area contributed by atoms with E-state index in [0.717, 1.165) is 44.1 Å². The predicted molar refractivity (Wildman–Crippen MR) is 130 cm³/mol. The van der Waals surface area contributed by atoms with Crippen LogP contribution in [0.4, 0.5) is 0 Å². The molecule has 1 saturated heterocycles. The molecule has 35 heavy (non-hydrogen) atoms. The molecular weight excluding hydrogens is 444 g/mol. The number of rotatable bonds is 6. The molecule has 1 saturated carbocycles. The summed E-state index contributed by atoms with van der Waals surface area (Å²) in [5, 5.41) is 15.4. The van der Waals surface area contributed by atoms with E-state index in [9.17, 15) is 9.59 Å². The molecule has 0 radical (unpaired) electrons. The van der Waals surface area contributed by atoms with Crippen molar-refractivity contribution in [3.8, 4) is 11.4 Å². The maximum absolute atomic E-state index is 13.7. The average Bonchev–Trinajstić information content (AvgIpc) is 3.61. The Kier molecular flexibility index (Phi) is 7.02. The fourth-order valence-corrected chi connectivity index (χ4v) is 4.91. The second-order valence-corrected chi connectivity index (χ2v) is 9.24. The van der Waals surface area contributed by atoms with E-state index in [-0.39, 0.29) is 23.8 Å². The van der Waals surface area contributed by atoms with E-state index >= 15 is 0 Å². The number of benzene rings is 1. The highest BCUT2D eigenvalue weighted by Gasteiger charge is 2.30. The van der Waals surface area contributed by atoms with Gasteiger partial charge >= 0.3 is 0 Å². The van der Waals surface area contributed by atoms with E-state index in [1.807, 2.05) is 30.3 Å². The highest BCUT2D eigenvalue weighted by atomic mass is 16.3. The molecule has 2 amide bonds. The van der Waals surface area contributed by atoms with Crippen molar-refractivity contribution >= 4 is 23.6 Å². The Morgan fingerprint density at radius 1 is 0.971 bits per heavy atom. The number of carbonyl (C=O) groups is 2. The van der Waals surface area contributed by atoms with Gasteiger partial charge in [0.1, 0.15) is 11.5 Å². The van der Waals surface area contributed by atoms with E-state index in [1.54, 1.807) is 29.4 Å². The maximum atomic E-state index is 13.7. The van der Waals surface area contributed by atoms with Crippen LogP contribution in [0, 0.1) is 5.92 Å². The quantitative estimate of drug-likeness (QED) is 0.547. The Bertz CT molecular complexity index is 1160. The van der Waals surface area contributed by atoms with Gasteiger partial charge in [-0.05, 0) is 48.2 Å². The lowest BCUT2D eigenvalue weighted by molar-refractivity contribution is -0.128. The van der Waals surface area contributed by atoms with Gasteiger partial charge in [-0.1, -0.05) is 49.6 Å². The first-order valence-corrected chi connectivity index (χ1v) is 12.4. The fourth-order valence-electron chi connectivity index (χ4n) is 4.91. The Hall–Kier alpha value is -3.75. The van der Waals surface area contributed by atoms with E-state index in [2.05, 4.69) is 20.8 Å². The van der Waals surface area contributed by atoms with Crippen LogP contribution in [0.5, 0.6) is 0 Å². The maximum Gasteiger partial charge on any atom is 0.272 e. The number of aromatic nitrogens is 4. The largest absolute Gasteiger partial charge is 0.465 e. The number of hydrogen-bond donors (Lipinski definition) is 1. The molecule has 1 aliphatic carbocycles. The number of amides is 2. The van der Waals surface area contributed by atoms with E-state index < -0.39 is 0 Å². The first kappa shape index (κ1) is 23.0. The SMILES string of the molecule is O=C(NC1CCN(C(=O)/C(=C\c2ccco2)n2nnnc2-c2ccccc2)CC1)C1CCCCC1. The molecule has 0 atom stereocenters. The number of likely N-dealkylation sites (tertiary alicyclic amines) is 1. The second kappa shape index (κ2) is 10.7. The van der Waals surface area contributed by atoms with Crippen LogP contribution >= 0.6 is 0 Å². The summed E-state index contributed by atoms with van der Waals surface area (Å²) in [4.78, 5) is 28.2. The minimum absolute atomic E-state index is 0.0962. The Balaban J connectivity index is 1.31. The number of nitrogens with zero attached hydrogens (tertiary/aromatic N) is 5. The van der Waals surface area contributed by atoms with Crippen LogP contribution in [0.2, 0.25) is 0 Å². The van der Waals surface area contributed by atoms with Crippen LogP contribution in [0.3, 0.4) is 0 Å². The summed E-state index contributed by atoms with van der Waals surface area (Å²) in [6.07, 6.45) is 10.1. The summed E-state index contributed by atoms with van der Waals surface area (Å²) in [7, 11) is 0. The van der Waals surface area contributed by atoms with Crippen molar-refractivity contribution in [2.45, 2.75) is 51.0 Å². The van der Waals surface area contributed by atoms with Gasteiger partial charge in [0, 0.05) is 36.7 Å². The second-order valence-electron chi connectivity index (χ2n) is 9.24. The Morgan fingerprint density at radius 3 is 2.46 bits per heavy atom. The van der Waals surface area contributed by atoms with Crippen molar-refractivity contribution < 1.29 is 14.0 Å². The van der Waals surface area contributed by atoms with Crippen molar-refractivity contribution in [3.05, 3.63) is 54.5 Å². The molecule has 9 nitrogen and oxygen atoms in total. The van der Waals surface area contributed by atoms with Crippen molar-refractivity contribution in [2.24, 2.45) is 5.92 Å². The van der Waals surface area contributed by atoms with Gasteiger partial charge in [0.2, 0.25) is 5.91 Å². The van der Waals surface area contributed by atoms with Gasteiger partial charge in [-0.3, -0.25) is 9.59 Å².